The summed E-state index contributed by atoms with van der Waals surface area (Å²) in [5, 5.41) is 8.02. The molecule has 1 aliphatic carbocycles. The Bertz CT molecular complexity index is 708. The Morgan fingerprint density at radius 3 is 2.70 bits per heavy atom. The summed E-state index contributed by atoms with van der Waals surface area (Å²) in [5.74, 6) is 1.44. The smallest absolute Gasteiger partial charge is 0.191 e. The predicted molar refractivity (Wildman–Crippen MR) is 100 cm³/mol. The van der Waals surface area contributed by atoms with Gasteiger partial charge >= 0.3 is 0 Å². The van der Waals surface area contributed by atoms with E-state index >= 15 is 0 Å². The summed E-state index contributed by atoms with van der Waals surface area (Å²) in [4.78, 5) is 10.1. The number of nitrogens with zero attached hydrogens (tertiary/aromatic N) is 2. The van der Waals surface area contributed by atoms with Crippen molar-refractivity contribution in [2.75, 3.05) is 7.05 Å². The van der Waals surface area contributed by atoms with E-state index in [1.165, 1.54) is 10.4 Å². The van der Waals surface area contributed by atoms with E-state index in [-0.39, 0.29) is 0 Å². The third-order valence-electron chi connectivity index (χ3n) is 4.05. The van der Waals surface area contributed by atoms with Gasteiger partial charge in [-0.05, 0) is 38.0 Å². The minimum absolute atomic E-state index is 0.465. The predicted octanol–water partition coefficient (Wildman–Crippen LogP) is 3.74. The van der Waals surface area contributed by atoms with Crippen LogP contribution in [0, 0.1) is 13.8 Å². The lowest BCUT2D eigenvalue weighted by Gasteiger charge is -2.11. The van der Waals surface area contributed by atoms with Crippen molar-refractivity contribution < 1.29 is 0 Å². The quantitative estimate of drug-likeness (QED) is 0.615. The second-order valence-corrected chi connectivity index (χ2v) is 8.02. The number of benzene rings is 1. The van der Waals surface area contributed by atoms with Crippen LogP contribution in [0.15, 0.2) is 33.7 Å². The molecule has 0 amide bonds. The molecule has 1 heterocycles. The number of aliphatic imine (C=N–C) groups is 1. The molecule has 0 aliphatic heterocycles. The summed E-state index contributed by atoms with van der Waals surface area (Å²) in [5.41, 5.74) is 2.49. The maximum Gasteiger partial charge on any atom is 0.191 e. The van der Waals surface area contributed by atoms with Crippen LogP contribution in [-0.2, 0) is 6.54 Å². The van der Waals surface area contributed by atoms with Gasteiger partial charge in [-0.1, -0.05) is 28.1 Å². The van der Waals surface area contributed by atoms with Gasteiger partial charge in [-0.25, -0.2) is 4.98 Å². The summed E-state index contributed by atoms with van der Waals surface area (Å²) in [6.07, 6.45) is 1.15. The topological polar surface area (TPSA) is 49.3 Å². The number of halogens is 1. The van der Waals surface area contributed by atoms with E-state index < -0.39 is 0 Å². The molecule has 2 unspecified atom stereocenters. The third kappa shape index (κ3) is 4.12. The van der Waals surface area contributed by atoms with Crippen LogP contribution >= 0.6 is 27.3 Å². The molecule has 3 rings (SSSR count). The summed E-state index contributed by atoms with van der Waals surface area (Å²) < 4.78 is 1.12. The first kappa shape index (κ1) is 16.5. The van der Waals surface area contributed by atoms with Gasteiger partial charge in [-0.3, -0.25) is 4.99 Å². The molecule has 1 saturated carbocycles. The fourth-order valence-corrected chi connectivity index (χ4v) is 3.85. The molecular formula is C17H21BrN4S. The fraction of sp³-hybridized carbons (Fsp3) is 0.412. The highest BCUT2D eigenvalue weighted by atomic mass is 79.9. The van der Waals surface area contributed by atoms with Crippen molar-refractivity contribution in [3.63, 3.8) is 0 Å². The summed E-state index contributed by atoms with van der Waals surface area (Å²) in [6.45, 7) is 4.87. The Hall–Kier alpha value is -1.40. The van der Waals surface area contributed by atoms with E-state index in [4.69, 9.17) is 0 Å². The van der Waals surface area contributed by atoms with Crippen LogP contribution in [-0.4, -0.2) is 24.0 Å². The van der Waals surface area contributed by atoms with Crippen molar-refractivity contribution in [2.24, 2.45) is 4.99 Å². The monoisotopic (exact) mass is 392 g/mol. The second kappa shape index (κ2) is 7.01. The normalized spacial score (nSPS) is 20.4. The van der Waals surface area contributed by atoms with Crippen LogP contribution in [0.5, 0.6) is 0 Å². The Morgan fingerprint density at radius 1 is 1.35 bits per heavy atom. The van der Waals surface area contributed by atoms with E-state index in [2.05, 4.69) is 67.7 Å². The molecule has 1 fully saturated rings. The number of aromatic nitrogens is 1. The van der Waals surface area contributed by atoms with Crippen molar-refractivity contribution in [1.82, 2.24) is 15.6 Å². The largest absolute Gasteiger partial charge is 0.353 e. The van der Waals surface area contributed by atoms with Crippen LogP contribution < -0.4 is 10.6 Å². The van der Waals surface area contributed by atoms with Crippen LogP contribution in [0.4, 0.5) is 0 Å². The van der Waals surface area contributed by atoms with Gasteiger partial charge in [0.05, 0.1) is 17.2 Å². The Morgan fingerprint density at radius 2 is 2.09 bits per heavy atom. The number of nitrogens with one attached hydrogen (secondary N) is 2. The zero-order valence-electron chi connectivity index (χ0n) is 13.6. The van der Waals surface area contributed by atoms with Crippen molar-refractivity contribution in [3.05, 3.63) is 49.9 Å². The van der Waals surface area contributed by atoms with Crippen LogP contribution in [0.1, 0.15) is 33.5 Å². The molecule has 2 aromatic rings. The lowest BCUT2D eigenvalue weighted by molar-refractivity contribution is 0.792. The zero-order valence-corrected chi connectivity index (χ0v) is 16.0. The molecule has 0 spiro atoms. The van der Waals surface area contributed by atoms with Gasteiger partial charge in [0.25, 0.3) is 0 Å². The van der Waals surface area contributed by atoms with Gasteiger partial charge < -0.3 is 10.6 Å². The molecule has 0 radical (unpaired) electrons. The summed E-state index contributed by atoms with van der Waals surface area (Å²) in [7, 11) is 1.82. The lowest BCUT2D eigenvalue weighted by Crippen LogP contribution is -2.38. The highest BCUT2D eigenvalue weighted by molar-refractivity contribution is 9.10. The van der Waals surface area contributed by atoms with Crippen molar-refractivity contribution in [1.29, 1.82) is 0 Å². The number of hydrogen-bond acceptors (Lipinski definition) is 3. The molecule has 6 heteroatoms. The Labute approximate surface area is 149 Å². The van der Waals surface area contributed by atoms with Crippen molar-refractivity contribution in [2.45, 2.75) is 38.8 Å². The second-order valence-electron chi connectivity index (χ2n) is 5.81. The molecule has 2 N–H and O–H groups in total. The molecule has 4 nitrogen and oxygen atoms in total. The molecule has 2 atom stereocenters. The van der Waals surface area contributed by atoms with E-state index in [9.17, 15) is 0 Å². The minimum atomic E-state index is 0.465. The van der Waals surface area contributed by atoms with Gasteiger partial charge in [0, 0.05) is 28.4 Å². The molecule has 0 saturated heterocycles. The number of thiazole rings is 1. The van der Waals surface area contributed by atoms with Crippen molar-refractivity contribution >= 4 is 33.2 Å². The van der Waals surface area contributed by atoms with Gasteiger partial charge in [-0.15, -0.1) is 11.3 Å². The minimum Gasteiger partial charge on any atom is -0.353 e. The standard InChI is InChI=1S/C17H21BrN4S/c1-10-16(23-11(2)21-10)9-20-17(19-3)22-15-8-14(15)12-4-6-13(18)7-5-12/h4-7,14-15H,8-9H2,1-3H3,(H2,19,20,22). The molecular weight excluding hydrogens is 372 g/mol. The first-order valence-corrected chi connectivity index (χ1v) is 9.33. The van der Waals surface area contributed by atoms with Gasteiger partial charge in [0.1, 0.15) is 0 Å². The Balaban J connectivity index is 1.53. The molecule has 0 bridgehead atoms. The highest BCUT2D eigenvalue weighted by Gasteiger charge is 2.38. The maximum atomic E-state index is 4.46. The number of guanidine groups is 1. The van der Waals surface area contributed by atoms with E-state index in [0.29, 0.717) is 12.0 Å². The molecule has 1 aromatic carbocycles. The highest BCUT2D eigenvalue weighted by Crippen LogP contribution is 2.40. The van der Waals surface area contributed by atoms with Gasteiger partial charge in [-0.2, -0.15) is 0 Å². The Kier molecular flexibility index (Phi) is 5.02. The van der Waals surface area contributed by atoms with E-state index in [0.717, 1.165) is 34.1 Å². The van der Waals surface area contributed by atoms with E-state index in [1.54, 1.807) is 11.3 Å². The molecule has 122 valence electrons. The lowest BCUT2D eigenvalue weighted by atomic mass is 10.1. The van der Waals surface area contributed by atoms with Gasteiger partial charge in [0.2, 0.25) is 0 Å². The van der Waals surface area contributed by atoms with Crippen LogP contribution in [0.3, 0.4) is 0 Å². The zero-order chi connectivity index (χ0) is 16.4. The van der Waals surface area contributed by atoms with Crippen LogP contribution in [0.2, 0.25) is 0 Å². The number of hydrogen-bond donors (Lipinski definition) is 2. The first-order chi connectivity index (χ1) is 11.1. The molecule has 23 heavy (non-hydrogen) atoms. The average Bonchev–Trinajstić information content (AvgIpc) is 3.21. The molecule has 1 aromatic heterocycles. The third-order valence-corrected chi connectivity index (χ3v) is 5.65. The summed E-state index contributed by atoms with van der Waals surface area (Å²) in [6, 6.07) is 9.05. The maximum absolute atomic E-state index is 4.46. The summed E-state index contributed by atoms with van der Waals surface area (Å²) >= 11 is 5.22. The van der Waals surface area contributed by atoms with Crippen LogP contribution in [0.25, 0.3) is 0 Å². The van der Waals surface area contributed by atoms with Gasteiger partial charge in [0.15, 0.2) is 5.96 Å². The fourth-order valence-electron chi connectivity index (χ4n) is 2.70. The van der Waals surface area contributed by atoms with Crippen molar-refractivity contribution in [3.8, 4) is 0 Å². The number of aryl methyl sites for hydroxylation is 2. The first-order valence-electron chi connectivity index (χ1n) is 7.72. The average molecular weight is 393 g/mol. The molecule has 1 aliphatic rings. The van der Waals surface area contributed by atoms with E-state index in [1.807, 2.05) is 14.0 Å². The SMILES string of the molecule is CN=C(NCc1sc(C)nc1C)NC1CC1c1ccc(Br)cc1. The number of rotatable bonds is 4.